The first-order valence-corrected chi connectivity index (χ1v) is 10.1. The molecular weight excluding hydrogens is 442 g/mol. The largest absolute Gasteiger partial charge is 0.435 e. The van der Waals surface area contributed by atoms with E-state index in [4.69, 9.17) is 0 Å². The fourth-order valence-electron chi connectivity index (χ4n) is 2.54. The molecule has 0 aliphatic heterocycles. The van der Waals surface area contributed by atoms with Gasteiger partial charge in [0.15, 0.2) is 0 Å². The van der Waals surface area contributed by atoms with Crippen LogP contribution in [-0.2, 0) is 10.0 Å². The van der Waals surface area contributed by atoms with Crippen LogP contribution in [0.1, 0.15) is 5.56 Å². The molecule has 0 aliphatic rings. The lowest BCUT2D eigenvalue weighted by Crippen LogP contribution is -2.15. The number of ether oxygens (including phenoxy) is 2. The number of alkyl halides is 4. The molecule has 0 atom stereocenters. The summed E-state index contributed by atoms with van der Waals surface area (Å²) in [5.74, 6) is -1.06. The molecule has 12 heteroatoms. The minimum atomic E-state index is -4.03. The number of rotatable bonds is 8. The maximum absolute atomic E-state index is 12.7. The average molecular weight is 457 g/mol. The Bertz CT molecular complexity index is 1160. The molecule has 1 heterocycles. The van der Waals surface area contributed by atoms with Crippen molar-refractivity contribution < 1.29 is 35.5 Å². The van der Waals surface area contributed by atoms with Gasteiger partial charge in [-0.1, -0.05) is 17.7 Å². The van der Waals surface area contributed by atoms with Gasteiger partial charge < -0.3 is 9.47 Å². The molecule has 0 unspecified atom stereocenters. The van der Waals surface area contributed by atoms with Crippen molar-refractivity contribution in [3.63, 3.8) is 0 Å². The lowest BCUT2D eigenvalue weighted by molar-refractivity contribution is -0.0526. The summed E-state index contributed by atoms with van der Waals surface area (Å²) < 4.78 is 86.5. The van der Waals surface area contributed by atoms with Crippen LogP contribution in [0.25, 0.3) is 11.3 Å². The molecule has 0 bridgehead atoms. The van der Waals surface area contributed by atoms with E-state index in [0.29, 0.717) is 0 Å². The van der Waals surface area contributed by atoms with Crippen molar-refractivity contribution in [3.05, 3.63) is 60.3 Å². The van der Waals surface area contributed by atoms with Gasteiger partial charge in [-0.15, -0.1) is 0 Å². The second kappa shape index (κ2) is 9.16. The second-order valence-corrected chi connectivity index (χ2v) is 7.78. The molecule has 1 N–H and O–H groups in total. The Labute approximate surface area is 174 Å². The summed E-state index contributed by atoms with van der Waals surface area (Å²) >= 11 is 0. The fraction of sp³-hybridized carbons (Fsp3) is 0.158. The van der Waals surface area contributed by atoms with Crippen LogP contribution in [-0.4, -0.2) is 31.6 Å². The monoisotopic (exact) mass is 457 g/mol. The fourth-order valence-corrected chi connectivity index (χ4v) is 3.49. The Hall–Kier alpha value is -3.41. The van der Waals surface area contributed by atoms with Crippen molar-refractivity contribution in [2.24, 2.45) is 0 Å². The smallest absolute Gasteiger partial charge is 0.387 e. The summed E-state index contributed by atoms with van der Waals surface area (Å²) in [4.78, 5) is 7.76. The van der Waals surface area contributed by atoms with Gasteiger partial charge >= 0.3 is 13.2 Å². The van der Waals surface area contributed by atoms with Crippen LogP contribution >= 0.6 is 0 Å². The van der Waals surface area contributed by atoms with Crippen molar-refractivity contribution >= 4 is 16.0 Å². The van der Waals surface area contributed by atoms with Gasteiger partial charge in [0, 0.05) is 11.8 Å². The number of halogens is 4. The zero-order valence-corrected chi connectivity index (χ0v) is 16.6. The van der Waals surface area contributed by atoms with Crippen LogP contribution in [0.2, 0.25) is 0 Å². The van der Waals surface area contributed by atoms with Crippen molar-refractivity contribution in [2.45, 2.75) is 25.0 Å². The van der Waals surface area contributed by atoms with E-state index in [9.17, 15) is 26.0 Å². The minimum absolute atomic E-state index is 0.0406. The predicted octanol–water partition coefficient (Wildman–Crippen LogP) is 4.46. The highest BCUT2D eigenvalue weighted by Crippen LogP contribution is 2.34. The van der Waals surface area contributed by atoms with E-state index in [0.717, 1.165) is 23.8 Å². The number of nitrogens with zero attached hydrogens (tertiary/aromatic N) is 2. The second-order valence-electron chi connectivity index (χ2n) is 6.10. The molecule has 7 nitrogen and oxygen atoms in total. The van der Waals surface area contributed by atoms with Gasteiger partial charge in [-0.2, -0.15) is 17.6 Å². The number of hydrogen-bond acceptors (Lipinski definition) is 6. The minimum Gasteiger partial charge on any atom is -0.435 e. The normalized spacial score (nSPS) is 11.6. The molecule has 31 heavy (non-hydrogen) atoms. The first-order chi connectivity index (χ1) is 14.6. The molecule has 164 valence electrons. The maximum atomic E-state index is 12.7. The van der Waals surface area contributed by atoms with E-state index in [1.807, 2.05) is 0 Å². The highest BCUT2D eigenvalue weighted by atomic mass is 32.2. The third-order valence-electron chi connectivity index (χ3n) is 3.88. The Morgan fingerprint density at radius 3 is 2.26 bits per heavy atom. The van der Waals surface area contributed by atoms with Gasteiger partial charge in [0.25, 0.3) is 10.0 Å². The average Bonchev–Trinajstić information content (AvgIpc) is 2.68. The van der Waals surface area contributed by atoms with E-state index in [-0.39, 0.29) is 33.6 Å². The maximum Gasteiger partial charge on any atom is 0.387 e. The summed E-state index contributed by atoms with van der Waals surface area (Å²) in [6.45, 7) is -4.54. The molecule has 0 saturated carbocycles. The zero-order chi connectivity index (χ0) is 22.6. The van der Waals surface area contributed by atoms with Crippen LogP contribution in [0.5, 0.6) is 11.5 Å². The molecule has 0 spiro atoms. The molecular formula is C19H15F4N3O4S. The highest BCUT2D eigenvalue weighted by Gasteiger charge is 2.19. The van der Waals surface area contributed by atoms with E-state index in [1.165, 1.54) is 24.4 Å². The van der Waals surface area contributed by atoms with Crippen molar-refractivity contribution in [3.8, 4) is 22.8 Å². The number of benzene rings is 2. The summed E-state index contributed by atoms with van der Waals surface area (Å²) in [6.07, 6.45) is 1.17. The summed E-state index contributed by atoms with van der Waals surface area (Å²) in [5.41, 5.74) is 0.665. The van der Waals surface area contributed by atoms with Crippen LogP contribution in [0.4, 0.5) is 23.5 Å². The molecule has 1 aromatic heterocycles. The van der Waals surface area contributed by atoms with E-state index >= 15 is 0 Å². The quantitative estimate of drug-likeness (QED) is 0.503. The van der Waals surface area contributed by atoms with E-state index in [1.54, 1.807) is 19.1 Å². The Morgan fingerprint density at radius 1 is 0.935 bits per heavy atom. The van der Waals surface area contributed by atoms with Crippen molar-refractivity contribution in [1.82, 2.24) is 9.97 Å². The van der Waals surface area contributed by atoms with Crippen LogP contribution in [0.3, 0.4) is 0 Å². The van der Waals surface area contributed by atoms with Crippen LogP contribution < -0.4 is 14.2 Å². The molecule has 0 radical (unpaired) electrons. The number of sulfonamides is 1. The zero-order valence-electron chi connectivity index (χ0n) is 15.8. The van der Waals surface area contributed by atoms with Gasteiger partial charge in [-0.25, -0.2) is 23.1 Å². The summed E-state index contributed by atoms with van der Waals surface area (Å²) in [7, 11) is -4.03. The van der Waals surface area contributed by atoms with Gasteiger partial charge in [0.2, 0.25) is 5.95 Å². The van der Waals surface area contributed by atoms with Crippen LogP contribution in [0, 0.1) is 6.92 Å². The van der Waals surface area contributed by atoms with Gasteiger partial charge in [-0.3, -0.25) is 0 Å². The SMILES string of the molecule is Cc1ccc(S(=O)(=O)Nc2nccc(-c3cc(OC(F)F)ccc3OC(F)F)n2)cc1. The third kappa shape index (κ3) is 5.81. The first kappa shape index (κ1) is 22.3. The highest BCUT2D eigenvalue weighted by molar-refractivity contribution is 7.92. The molecule has 0 amide bonds. The standard InChI is InChI=1S/C19H15F4N3O4S/c1-11-2-5-13(6-3-11)31(27,28)26-19-24-9-8-15(25-19)14-10-12(29-17(20)21)4-7-16(14)30-18(22)23/h2-10,17-18H,1H3,(H,24,25,26). The third-order valence-corrected chi connectivity index (χ3v) is 5.22. The topological polar surface area (TPSA) is 90.4 Å². The van der Waals surface area contributed by atoms with Crippen LogP contribution in [0.15, 0.2) is 59.6 Å². The number of aromatic nitrogens is 2. The van der Waals surface area contributed by atoms with Gasteiger partial charge in [0.1, 0.15) is 11.5 Å². The summed E-state index contributed by atoms with van der Waals surface area (Å²) in [6, 6.07) is 10.3. The molecule has 0 saturated heterocycles. The molecule has 2 aromatic carbocycles. The Kier molecular flexibility index (Phi) is 6.59. The Morgan fingerprint density at radius 2 is 1.61 bits per heavy atom. The molecule has 0 aliphatic carbocycles. The van der Waals surface area contributed by atoms with Crippen molar-refractivity contribution in [1.29, 1.82) is 0 Å². The molecule has 0 fully saturated rings. The van der Waals surface area contributed by atoms with Crippen molar-refractivity contribution in [2.75, 3.05) is 4.72 Å². The number of aryl methyl sites for hydroxylation is 1. The molecule has 3 rings (SSSR count). The Balaban J connectivity index is 1.97. The van der Waals surface area contributed by atoms with Gasteiger partial charge in [0.05, 0.1) is 10.6 Å². The lowest BCUT2D eigenvalue weighted by atomic mass is 10.1. The summed E-state index contributed by atoms with van der Waals surface area (Å²) in [5, 5.41) is 0. The van der Waals surface area contributed by atoms with E-state index < -0.39 is 23.2 Å². The predicted molar refractivity (Wildman–Crippen MR) is 103 cm³/mol. The number of anilines is 1. The van der Waals surface area contributed by atoms with Gasteiger partial charge in [-0.05, 0) is 43.3 Å². The van der Waals surface area contributed by atoms with E-state index in [2.05, 4.69) is 24.2 Å². The number of nitrogens with one attached hydrogen (secondary N) is 1. The number of hydrogen-bond donors (Lipinski definition) is 1. The first-order valence-electron chi connectivity index (χ1n) is 8.60. The lowest BCUT2D eigenvalue weighted by Gasteiger charge is -2.13. The molecule has 3 aromatic rings.